The number of methoxy groups -OCH3 is 3. The smallest absolute Gasteiger partial charge is 0.235 e. The lowest BCUT2D eigenvalue weighted by atomic mass is 10.0. The van der Waals surface area contributed by atoms with Crippen LogP contribution in [0.1, 0.15) is 27.6 Å². The molecule has 1 amide bonds. The molecule has 7 nitrogen and oxygen atoms in total. The number of hydrogen-bond donors (Lipinski definition) is 1. The van der Waals surface area contributed by atoms with Crippen molar-refractivity contribution in [3.63, 3.8) is 0 Å². The van der Waals surface area contributed by atoms with Gasteiger partial charge in [-0.25, -0.2) is 4.68 Å². The molecule has 2 aromatic carbocycles. The number of thioether (sulfide) groups is 1. The second-order valence-electron chi connectivity index (χ2n) is 7.28. The van der Waals surface area contributed by atoms with E-state index in [4.69, 9.17) is 19.3 Å². The maximum Gasteiger partial charge on any atom is 0.235 e. The first-order valence-corrected chi connectivity index (χ1v) is 10.9. The summed E-state index contributed by atoms with van der Waals surface area (Å²) in [6.07, 6.45) is 0. The fraction of sp³-hybridized carbons (Fsp3) is 0.304. The van der Waals surface area contributed by atoms with Crippen molar-refractivity contribution < 1.29 is 19.0 Å². The van der Waals surface area contributed by atoms with Crippen LogP contribution in [0, 0.1) is 13.8 Å². The van der Waals surface area contributed by atoms with Crippen molar-refractivity contribution in [3.8, 4) is 22.9 Å². The van der Waals surface area contributed by atoms with Crippen molar-refractivity contribution in [1.29, 1.82) is 0 Å². The van der Waals surface area contributed by atoms with E-state index >= 15 is 0 Å². The molecule has 0 bridgehead atoms. The van der Waals surface area contributed by atoms with E-state index in [0.717, 1.165) is 28.1 Å². The summed E-state index contributed by atoms with van der Waals surface area (Å²) in [6.45, 7) is 4.00. The summed E-state index contributed by atoms with van der Waals surface area (Å²) in [5.41, 5.74) is 4.73. The van der Waals surface area contributed by atoms with Crippen molar-refractivity contribution in [2.45, 2.75) is 19.1 Å². The standard InChI is InChI=1S/C23H25N3O4S/c1-13-6-8-15(9-7-13)26-23-21(14(2)25-26)22(31-12-20(27)24-23)16-10-18(29-4)19(30-5)11-17(16)28-3/h6-11,22H,12H2,1-5H3,(H,24,27). The van der Waals surface area contributed by atoms with Crippen LogP contribution in [0.25, 0.3) is 5.69 Å². The van der Waals surface area contributed by atoms with Crippen LogP contribution in [0.4, 0.5) is 5.82 Å². The average Bonchev–Trinajstić information content (AvgIpc) is 2.98. The summed E-state index contributed by atoms with van der Waals surface area (Å²) in [7, 11) is 4.82. The first-order valence-electron chi connectivity index (χ1n) is 9.84. The van der Waals surface area contributed by atoms with Crippen molar-refractivity contribution in [1.82, 2.24) is 9.78 Å². The second-order valence-corrected chi connectivity index (χ2v) is 8.38. The molecular formula is C23H25N3O4S. The van der Waals surface area contributed by atoms with Gasteiger partial charge in [0.05, 0.1) is 43.7 Å². The highest BCUT2D eigenvalue weighted by molar-refractivity contribution is 8.00. The van der Waals surface area contributed by atoms with Gasteiger partial charge in [-0.3, -0.25) is 4.79 Å². The molecule has 0 spiro atoms. The fourth-order valence-electron chi connectivity index (χ4n) is 3.76. The predicted octanol–water partition coefficient (Wildman–Crippen LogP) is 4.29. The summed E-state index contributed by atoms with van der Waals surface area (Å²) in [5.74, 6) is 2.78. The van der Waals surface area contributed by atoms with Gasteiger partial charge in [0.2, 0.25) is 5.91 Å². The average molecular weight is 440 g/mol. The minimum Gasteiger partial charge on any atom is -0.496 e. The Kier molecular flexibility index (Phi) is 5.82. The third kappa shape index (κ3) is 3.83. The number of carbonyl (C=O) groups excluding carboxylic acids is 1. The topological polar surface area (TPSA) is 74.6 Å². The molecule has 0 saturated carbocycles. The van der Waals surface area contributed by atoms with E-state index in [9.17, 15) is 4.79 Å². The van der Waals surface area contributed by atoms with Crippen LogP contribution < -0.4 is 19.5 Å². The Morgan fingerprint density at radius 3 is 2.29 bits per heavy atom. The Hall–Kier alpha value is -3.13. The van der Waals surface area contributed by atoms with Crippen molar-refractivity contribution >= 4 is 23.5 Å². The highest BCUT2D eigenvalue weighted by Gasteiger charge is 2.33. The van der Waals surface area contributed by atoms with Crippen LogP contribution in [-0.2, 0) is 4.79 Å². The van der Waals surface area contributed by atoms with Crippen molar-refractivity contribution in [2.24, 2.45) is 0 Å². The van der Waals surface area contributed by atoms with E-state index < -0.39 is 0 Å². The molecule has 0 saturated heterocycles. The van der Waals surface area contributed by atoms with Gasteiger partial charge in [-0.2, -0.15) is 5.10 Å². The number of aryl methyl sites for hydroxylation is 2. The predicted molar refractivity (Wildman–Crippen MR) is 122 cm³/mol. The lowest BCUT2D eigenvalue weighted by Crippen LogP contribution is -2.15. The number of benzene rings is 2. The number of amides is 1. The number of ether oxygens (including phenoxy) is 3. The molecule has 1 aliphatic heterocycles. The van der Waals surface area contributed by atoms with Gasteiger partial charge in [0.25, 0.3) is 0 Å². The maximum atomic E-state index is 12.6. The highest BCUT2D eigenvalue weighted by Crippen LogP contribution is 2.49. The van der Waals surface area contributed by atoms with Crippen LogP contribution >= 0.6 is 11.8 Å². The summed E-state index contributed by atoms with van der Waals surface area (Å²) in [4.78, 5) is 12.6. The van der Waals surface area contributed by atoms with Gasteiger partial charge in [-0.1, -0.05) is 17.7 Å². The van der Waals surface area contributed by atoms with E-state index in [1.165, 1.54) is 11.8 Å². The molecule has 1 N–H and O–H groups in total. The number of anilines is 1. The van der Waals surface area contributed by atoms with Gasteiger partial charge < -0.3 is 19.5 Å². The van der Waals surface area contributed by atoms with E-state index in [1.807, 2.05) is 50.2 Å². The number of carbonyl (C=O) groups is 1. The number of fused-ring (bicyclic) bond motifs is 1. The first kappa shape index (κ1) is 21.1. The van der Waals surface area contributed by atoms with Gasteiger partial charge in [0, 0.05) is 17.2 Å². The first-order chi connectivity index (χ1) is 15.0. The molecule has 1 atom stereocenters. The summed E-state index contributed by atoms with van der Waals surface area (Å²) in [6, 6.07) is 11.8. The fourth-order valence-corrected chi connectivity index (χ4v) is 4.96. The van der Waals surface area contributed by atoms with Gasteiger partial charge in [0.1, 0.15) is 11.6 Å². The van der Waals surface area contributed by atoms with Crippen molar-refractivity contribution in [2.75, 3.05) is 32.4 Å². The molecular weight excluding hydrogens is 414 g/mol. The van der Waals surface area contributed by atoms with E-state index in [1.54, 1.807) is 26.0 Å². The summed E-state index contributed by atoms with van der Waals surface area (Å²) < 4.78 is 18.4. The molecule has 1 aromatic heterocycles. The number of aromatic nitrogens is 2. The van der Waals surface area contributed by atoms with Crippen molar-refractivity contribution in [3.05, 3.63) is 58.8 Å². The van der Waals surface area contributed by atoms with Crippen LogP contribution in [0.3, 0.4) is 0 Å². The van der Waals surface area contributed by atoms with Gasteiger partial charge >= 0.3 is 0 Å². The van der Waals surface area contributed by atoms with Crippen LogP contribution in [0.15, 0.2) is 36.4 Å². The van der Waals surface area contributed by atoms with E-state index in [2.05, 4.69) is 5.32 Å². The quantitative estimate of drug-likeness (QED) is 0.639. The molecule has 31 heavy (non-hydrogen) atoms. The minimum atomic E-state index is -0.178. The Balaban J connectivity index is 1.91. The Morgan fingerprint density at radius 2 is 1.65 bits per heavy atom. The monoisotopic (exact) mass is 439 g/mol. The minimum absolute atomic E-state index is 0.0681. The molecule has 4 rings (SSSR count). The van der Waals surface area contributed by atoms with Crippen LogP contribution in [0.5, 0.6) is 17.2 Å². The second kappa shape index (κ2) is 8.55. The van der Waals surface area contributed by atoms with Crippen LogP contribution in [0.2, 0.25) is 0 Å². The maximum absolute atomic E-state index is 12.6. The highest BCUT2D eigenvalue weighted by atomic mass is 32.2. The molecule has 0 radical (unpaired) electrons. The molecule has 1 aliphatic rings. The third-order valence-electron chi connectivity index (χ3n) is 5.30. The van der Waals surface area contributed by atoms with E-state index in [0.29, 0.717) is 28.8 Å². The normalized spacial score (nSPS) is 15.6. The van der Waals surface area contributed by atoms with Crippen LogP contribution in [-0.4, -0.2) is 42.8 Å². The molecule has 0 fully saturated rings. The van der Waals surface area contributed by atoms with Gasteiger partial charge in [-0.15, -0.1) is 11.8 Å². The zero-order valence-corrected chi connectivity index (χ0v) is 19.0. The SMILES string of the molecule is COc1cc(OC)c(C2SCC(=O)Nc3c2c(C)nn3-c2ccc(C)cc2)cc1OC. The molecule has 8 heteroatoms. The molecule has 0 aliphatic carbocycles. The van der Waals surface area contributed by atoms with Gasteiger partial charge in [-0.05, 0) is 32.0 Å². The zero-order chi connectivity index (χ0) is 22.1. The Morgan fingerprint density at radius 1 is 1.00 bits per heavy atom. The number of nitrogens with one attached hydrogen (secondary N) is 1. The molecule has 2 heterocycles. The number of rotatable bonds is 5. The third-order valence-corrected chi connectivity index (χ3v) is 6.56. The molecule has 162 valence electrons. The Labute approximate surface area is 185 Å². The molecule has 3 aromatic rings. The Bertz CT molecular complexity index is 1120. The molecule has 1 unspecified atom stereocenters. The van der Waals surface area contributed by atoms with Gasteiger partial charge in [0.15, 0.2) is 11.5 Å². The summed E-state index contributed by atoms with van der Waals surface area (Å²) >= 11 is 1.53. The largest absolute Gasteiger partial charge is 0.496 e. The lowest BCUT2D eigenvalue weighted by Gasteiger charge is -2.20. The number of nitrogens with zero attached hydrogens (tertiary/aromatic N) is 2. The summed E-state index contributed by atoms with van der Waals surface area (Å²) in [5, 5.41) is 7.65. The lowest BCUT2D eigenvalue weighted by molar-refractivity contribution is -0.113. The zero-order valence-electron chi connectivity index (χ0n) is 18.2. The van der Waals surface area contributed by atoms with E-state index in [-0.39, 0.29) is 11.2 Å². The number of hydrogen-bond acceptors (Lipinski definition) is 6.